The van der Waals surface area contributed by atoms with E-state index in [4.69, 9.17) is 15.2 Å². The average molecular weight is 425 g/mol. The molecule has 0 aliphatic rings. The van der Waals surface area contributed by atoms with Gasteiger partial charge >= 0.3 is 0 Å². The second-order valence-corrected chi connectivity index (χ2v) is 6.99. The van der Waals surface area contributed by atoms with Crippen molar-refractivity contribution in [1.29, 1.82) is 0 Å². The molecule has 1 atom stereocenters. The maximum Gasteiger partial charge on any atom is 0.251 e. The molecule has 0 aliphatic heterocycles. The van der Waals surface area contributed by atoms with Crippen LogP contribution in [-0.4, -0.2) is 32.8 Å². The van der Waals surface area contributed by atoms with Crippen LogP contribution in [0.2, 0.25) is 0 Å². The summed E-state index contributed by atoms with van der Waals surface area (Å²) in [6.07, 6.45) is 0. The molecule has 0 aliphatic carbocycles. The van der Waals surface area contributed by atoms with E-state index < -0.39 is 5.82 Å². The quantitative estimate of drug-likeness (QED) is 0.566. The van der Waals surface area contributed by atoms with Gasteiger partial charge in [0.05, 0.1) is 19.8 Å². The summed E-state index contributed by atoms with van der Waals surface area (Å²) >= 11 is 0. The highest BCUT2D eigenvalue weighted by molar-refractivity contribution is 5.94. The van der Waals surface area contributed by atoms with Gasteiger partial charge in [0.25, 0.3) is 5.91 Å². The first-order chi connectivity index (χ1) is 13.4. The lowest BCUT2D eigenvalue weighted by molar-refractivity contribution is 0.0604. The number of rotatable bonds is 10. The summed E-state index contributed by atoms with van der Waals surface area (Å²) in [5.74, 6) is -0.251. The Morgan fingerprint density at radius 1 is 1.10 bits per heavy atom. The monoisotopic (exact) mass is 424 g/mol. The molecule has 0 aromatic heterocycles. The summed E-state index contributed by atoms with van der Waals surface area (Å²) in [6.45, 7) is 5.42. The molecule has 160 valence electrons. The Morgan fingerprint density at radius 3 is 2.38 bits per heavy atom. The van der Waals surface area contributed by atoms with Gasteiger partial charge in [-0.25, -0.2) is 4.39 Å². The van der Waals surface area contributed by atoms with Gasteiger partial charge in [-0.05, 0) is 35.2 Å². The van der Waals surface area contributed by atoms with E-state index in [9.17, 15) is 9.18 Å². The van der Waals surface area contributed by atoms with E-state index in [1.165, 1.54) is 23.8 Å². The van der Waals surface area contributed by atoms with Crippen molar-refractivity contribution >= 4 is 18.3 Å². The van der Waals surface area contributed by atoms with Crippen molar-refractivity contribution in [3.63, 3.8) is 0 Å². The van der Waals surface area contributed by atoms with Gasteiger partial charge in [0.2, 0.25) is 0 Å². The molecule has 1 amide bonds. The third-order valence-electron chi connectivity index (χ3n) is 4.51. The van der Waals surface area contributed by atoms with E-state index >= 15 is 0 Å². The molecule has 2 aromatic carbocycles. The molecule has 0 saturated heterocycles. The Morgan fingerprint density at radius 2 is 1.76 bits per heavy atom. The van der Waals surface area contributed by atoms with Crippen LogP contribution in [0, 0.1) is 5.82 Å². The summed E-state index contributed by atoms with van der Waals surface area (Å²) in [6, 6.07) is 12.0. The van der Waals surface area contributed by atoms with Crippen LogP contribution >= 0.6 is 12.4 Å². The van der Waals surface area contributed by atoms with Gasteiger partial charge in [-0.1, -0.05) is 38.1 Å². The van der Waals surface area contributed by atoms with Crippen molar-refractivity contribution in [3.8, 4) is 0 Å². The van der Waals surface area contributed by atoms with E-state index in [0.717, 1.165) is 5.56 Å². The Bertz CT molecular complexity index is 769. The number of benzene rings is 2. The van der Waals surface area contributed by atoms with Gasteiger partial charge < -0.3 is 20.5 Å². The third-order valence-corrected chi connectivity index (χ3v) is 4.51. The molecule has 0 heterocycles. The number of amides is 1. The summed E-state index contributed by atoms with van der Waals surface area (Å²) in [5.41, 5.74) is 9.09. The van der Waals surface area contributed by atoms with E-state index in [0.29, 0.717) is 30.3 Å². The maximum atomic E-state index is 13.9. The SMILES string of the molecule is COCCOCc1cc(C(=O)NCC(N)c2ccc(C(C)C)cc2)ccc1F.Cl. The van der Waals surface area contributed by atoms with Crippen LogP contribution in [0.1, 0.15) is 52.9 Å². The van der Waals surface area contributed by atoms with E-state index in [1.807, 2.05) is 12.1 Å². The molecule has 0 saturated carbocycles. The fourth-order valence-electron chi connectivity index (χ4n) is 2.70. The van der Waals surface area contributed by atoms with Gasteiger partial charge in [0.1, 0.15) is 5.82 Å². The van der Waals surface area contributed by atoms with E-state index in [2.05, 4.69) is 31.3 Å². The maximum absolute atomic E-state index is 13.9. The van der Waals surface area contributed by atoms with Gasteiger partial charge in [-0.15, -0.1) is 12.4 Å². The predicted octanol–water partition coefficient (Wildman–Crippen LogP) is 3.96. The Hall–Kier alpha value is -1.99. The molecule has 29 heavy (non-hydrogen) atoms. The smallest absolute Gasteiger partial charge is 0.251 e. The lowest BCUT2D eigenvalue weighted by Gasteiger charge is -2.15. The fraction of sp³-hybridized carbons (Fsp3) is 0.409. The zero-order chi connectivity index (χ0) is 20.5. The van der Waals surface area contributed by atoms with Crippen LogP contribution in [-0.2, 0) is 16.1 Å². The minimum Gasteiger partial charge on any atom is -0.382 e. The van der Waals surface area contributed by atoms with E-state index in [-0.39, 0.29) is 37.5 Å². The first-order valence-electron chi connectivity index (χ1n) is 9.41. The summed E-state index contributed by atoms with van der Waals surface area (Å²) in [4.78, 5) is 12.4. The highest BCUT2D eigenvalue weighted by Gasteiger charge is 2.13. The Labute approximate surface area is 178 Å². The van der Waals surface area contributed by atoms with Crippen molar-refractivity contribution in [2.24, 2.45) is 5.73 Å². The summed E-state index contributed by atoms with van der Waals surface area (Å²) in [7, 11) is 1.57. The molecule has 0 spiro atoms. The molecule has 2 aromatic rings. The molecular formula is C22H30ClFN2O3. The molecule has 2 rings (SSSR count). The van der Waals surface area contributed by atoms with Crippen LogP contribution in [0.25, 0.3) is 0 Å². The number of nitrogens with one attached hydrogen (secondary N) is 1. The number of halogens is 2. The van der Waals surface area contributed by atoms with Crippen LogP contribution in [0.3, 0.4) is 0 Å². The number of hydrogen-bond donors (Lipinski definition) is 2. The van der Waals surface area contributed by atoms with Gasteiger partial charge in [0.15, 0.2) is 0 Å². The number of carbonyl (C=O) groups excluding carboxylic acids is 1. The Kier molecular flexibility index (Phi) is 10.8. The third kappa shape index (κ3) is 7.74. The first kappa shape index (κ1) is 25.0. The second-order valence-electron chi connectivity index (χ2n) is 6.99. The van der Waals surface area contributed by atoms with Crippen molar-refractivity contribution in [2.75, 3.05) is 26.9 Å². The molecule has 1 unspecified atom stereocenters. The van der Waals surface area contributed by atoms with Crippen LogP contribution in [0.5, 0.6) is 0 Å². The molecule has 3 N–H and O–H groups in total. The number of ether oxygens (including phenoxy) is 2. The number of nitrogens with two attached hydrogens (primary N) is 1. The summed E-state index contributed by atoms with van der Waals surface area (Å²) in [5, 5.41) is 2.81. The molecular weight excluding hydrogens is 395 g/mol. The van der Waals surface area contributed by atoms with Crippen molar-refractivity contribution in [1.82, 2.24) is 5.32 Å². The summed E-state index contributed by atoms with van der Waals surface area (Å²) < 4.78 is 24.1. The highest BCUT2D eigenvalue weighted by atomic mass is 35.5. The Balaban J connectivity index is 0.00000420. The first-order valence-corrected chi connectivity index (χ1v) is 9.41. The predicted molar refractivity (Wildman–Crippen MR) is 115 cm³/mol. The number of hydrogen-bond acceptors (Lipinski definition) is 4. The van der Waals surface area contributed by atoms with Gasteiger partial charge in [-0.2, -0.15) is 0 Å². The standard InChI is InChI=1S/C22H29FN2O3.ClH/c1-15(2)16-4-6-17(7-5-16)21(24)13-25-22(26)18-8-9-20(23)19(12-18)14-28-11-10-27-3;/h4-9,12,15,21H,10-11,13-14,24H2,1-3H3,(H,25,26);1H. The molecule has 0 radical (unpaired) electrons. The zero-order valence-electron chi connectivity index (χ0n) is 17.1. The van der Waals surface area contributed by atoms with Gasteiger partial charge in [0, 0.05) is 30.8 Å². The van der Waals surface area contributed by atoms with Crippen LogP contribution < -0.4 is 11.1 Å². The molecule has 5 nitrogen and oxygen atoms in total. The van der Waals surface area contributed by atoms with Gasteiger partial charge in [-0.3, -0.25) is 4.79 Å². The zero-order valence-corrected chi connectivity index (χ0v) is 17.9. The molecule has 7 heteroatoms. The van der Waals surface area contributed by atoms with Crippen molar-refractivity contribution in [2.45, 2.75) is 32.4 Å². The lowest BCUT2D eigenvalue weighted by atomic mass is 9.99. The lowest BCUT2D eigenvalue weighted by Crippen LogP contribution is -2.32. The minimum atomic E-state index is -0.407. The highest BCUT2D eigenvalue weighted by Crippen LogP contribution is 2.18. The normalized spacial score (nSPS) is 11.8. The second kappa shape index (κ2) is 12.5. The average Bonchev–Trinajstić information content (AvgIpc) is 2.70. The van der Waals surface area contributed by atoms with Crippen molar-refractivity contribution in [3.05, 3.63) is 70.5 Å². The van der Waals surface area contributed by atoms with E-state index in [1.54, 1.807) is 7.11 Å². The fourth-order valence-corrected chi connectivity index (χ4v) is 2.70. The topological polar surface area (TPSA) is 73.6 Å². The van der Waals surface area contributed by atoms with Crippen molar-refractivity contribution < 1.29 is 18.7 Å². The van der Waals surface area contributed by atoms with Crippen LogP contribution in [0.4, 0.5) is 4.39 Å². The largest absolute Gasteiger partial charge is 0.382 e. The molecule has 0 bridgehead atoms. The van der Waals surface area contributed by atoms with Crippen LogP contribution in [0.15, 0.2) is 42.5 Å². The minimum absolute atomic E-state index is 0. The molecule has 0 fully saturated rings. The number of methoxy groups -OCH3 is 1. The number of carbonyl (C=O) groups is 1.